The Labute approximate surface area is 120 Å². The van der Waals surface area contributed by atoms with E-state index in [2.05, 4.69) is 15.1 Å². The molecule has 0 aliphatic carbocycles. The molecule has 1 atom stereocenters. The van der Waals surface area contributed by atoms with E-state index < -0.39 is 11.9 Å². The molecule has 1 saturated heterocycles. The third kappa shape index (κ3) is 2.44. The summed E-state index contributed by atoms with van der Waals surface area (Å²) in [7, 11) is 0. The van der Waals surface area contributed by atoms with E-state index in [-0.39, 0.29) is 18.3 Å². The number of carboxylic acids is 1. The largest absolute Gasteiger partial charge is 0.481 e. The Morgan fingerprint density at radius 2 is 2.24 bits per heavy atom. The van der Waals surface area contributed by atoms with E-state index in [1.165, 1.54) is 9.42 Å². The van der Waals surface area contributed by atoms with Gasteiger partial charge in [0.1, 0.15) is 0 Å². The van der Waals surface area contributed by atoms with Crippen LogP contribution in [0.1, 0.15) is 29.2 Å². The normalized spacial score (nSPS) is 18.9. The lowest BCUT2D eigenvalue weighted by Gasteiger charge is -2.29. The number of fused-ring (bicyclic) bond motifs is 1. The van der Waals surface area contributed by atoms with Gasteiger partial charge in [-0.3, -0.25) is 9.59 Å². The van der Waals surface area contributed by atoms with E-state index >= 15 is 0 Å². The first-order chi connectivity index (χ1) is 10.1. The molecule has 0 saturated carbocycles. The van der Waals surface area contributed by atoms with E-state index in [4.69, 9.17) is 5.11 Å². The van der Waals surface area contributed by atoms with Gasteiger partial charge in [-0.15, -0.1) is 5.10 Å². The number of nitrogens with zero attached hydrogens (tertiary/aromatic N) is 5. The topological polar surface area (TPSA) is 101 Å². The second kappa shape index (κ2) is 5.12. The van der Waals surface area contributed by atoms with Gasteiger partial charge in [-0.1, -0.05) is 0 Å². The van der Waals surface area contributed by atoms with Gasteiger partial charge in [0.15, 0.2) is 0 Å². The van der Waals surface area contributed by atoms with Crippen molar-refractivity contribution in [1.29, 1.82) is 0 Å². The Morgan fingerprint density at radius 1 is 1.43 bits per heavy atom. The lowest BCUT2D eigenvalue weighted by atomic mass is 9.98. The molecule has 0 spiro atoms. The van der Waals surface area contributed by atoms with Crippen LogP contribution in [-0.4, -0.2) is 54.6 Å². The highest BCUT2D eigenvalue weighted by Crippen LogP contribution is 2.18. The zero-order valence-corrected chi connectivity index (χ0v) is 11.6. The number of carbonyl (C=O) groups excluding carboxylic acids is 1. The highest BCUT2D eigenvalue weighted by Gasteiger charge is 2.30. The quantitative estimate of drug-likeness (QED) is 0.857. The molecule has 0 unspecified atom stereocenters. The van der Waals surface area contributed by atoms with Gasteiger partial charge >= 0.3 is 5.97 Å². The maximum Gasteiger partial charge on any atom is 0.308 e. The molecule has 0 bridgehead atoms. The molecule has 1 amide bonds. The average molecular weight is 289 g/mol. The number of aliphatic carboxylic acids is 1. The summed E-state index contributed by atoms with van der Waals surface area (Å²) in [4.78, 5) is 33.2. The van der Waals surface area contributed by atoms with E-state index in [1.54, 1.807) is 12.3 Å². The summed E-state index contributed by atoms with van der Waals surface area (Å²) in [5, 5.41) is 13.2. The number of carboxylic acid groups (broad SMARTS) is 1. The van der Waals surface area contributed by atoms with Gasteiger partial charge < -0.3 is 10.0 Å². The van der Waals surface area contributed by atoms with E-state index in [0.717, 1.165) is 5.69 Å². The molecule has 1 aliphatic heterocycles. The summed E-state index contributed by atoms with van der Waals surface area (Å²) < 4.78 is 1.51. The molecular formula is C13H15N5O3. The minimum Gasteiger partial charge on any atom is -0.481 e. The molecule has 1 aliphatic rings. The highest BCUT2D eigenvalue weighted by atomic mass is 16.4. The van der Waals surface area contributed by atoms with Crippen molar-refractivity contribution in [3.63, 3.8) is 0 Å². The minimum atomic E-state index is -0.868. The summed E-state index contributed by atoms with van der Waals surface area (Å²) in [6.07, 6.45) is 2.88. The van der Waals surface area contributed by atoms with Crippen molar-refractivity contribution in [2.75, 3.05) is 13.1 Å². The van der Waals surface area contributed by atoms with Crippen LogP contribution in [0.5, 0.6) is 0 Å². The molecule has 1 N–H and O–H groups in total. The Balaban J connectivity index is 1.86. The van der Waals surface area contributed by atoms with E-state index in [9.17, 15) is 9.59 Å². The molecule has 0 aromatic carbocycles. The van der Waals surface area contributed by atoms with Crippen molar-refractivity contribution >= 4 is 17.7 Å². The van der Waals surface area contributed by atoms with Gasteiger partial charge in [-0.25, -0.2) is 9.50 Å². The maximum absolute atomic E-state index is 12.4. The van der Waals surface area contributed by atoms with Crippen LogP contribution < -0.4 is 0 Å². The zero-order valence-electron chi connectivity index (χ0n) is 11.6. The van der Waals surface area contributed by atoms with Crippen LogP contribution in [0.4, 0.5) is 0 Å². The van der Waals surface area contributed by atoms with Crippen molar-refractivity contribution in [3.8, 4) is 0 Å². The highest BCUT2D eigenvalue weighted by molar-refractivity contribution is 5.91. The third-order valence-corrected chi connectivity index (χ3v) is 3.68. The summed E-state index contributed by atoms with van der Waals surface area (Å²) in [6.45, 7) is 2.58. The Hall–Kier alpha value is -2.51. The molecule has 8 heteroatoms. The fourth-order valence-corrected chi connectivity index (χ4v) is 2.50. The van der Waals surface area contributed by atoms with Crippen LogP contribution in [0, 0.1) is 12.8 Å². The van der Waals surface area contributed by atoms with Crippen molar-refractivity contribution in [1.82, 2.24) is 24.5 Å². The number of amides is 1. The number of likely N-dealkylation sites (tertiary alicyclic amines) is 1. The van der Waals surface area contributed by atoms with Gasteiger partial charge in [0.2, 0.25) is 5.82 Å². The zero-order chi connectivity index (χ0) is 15.0. The number of aryl methyl sites for hydroxylation is 1. The third-order valence-electron chi connectivity index (χ3n) is 3.68. The number of hydrogen-bond donors (Lipinski definition) is 1. The number of rotatable bonds is 2. The summed E-state index contributed by atoms with van der Waals surface area (Å²) >= 11 is 0. The number of hydrogen-bond acceptors (Lipinski definition) is 5. The van der Waals surface area contributed by atoms with Crippen molar-refractivity contribution in [2.45, 2.75) is 19.8 Å². The summed E-state index contributed by atoms with van der Waals surface area (Å²) in [5.74, 6) is -1.30. The molecule has 2 aromatic heterocycles. The Morgan fingerprint density at radius 3 is 2.95 bits per heavy atom. The van der Waals surface area contributed by atoms with E-state index in [0.29, 0.717) is 25.2 Å². The van der Waals surface area contributed by atoms with Crippen LogP contribution in [-0.2, 0) is 4.79 Å². The average Bonchev–Trinajstić information content (AvgIpc) is 2.92. The van der Waals surface area contributed by atoms with Gasteiger partial charge in [0, 0.05) is 25.0 Å². The van der Waals surface area contributed by atoms with Gasteiger partial charge in [-0.05, 0) is 25.8 Å². The standard InChI is InChI=1S/C13H15N5O3/c1-8-4-5-14-13-15-10(16-18(8)13)11(19)17-6-2-3-9(7-17)12(20)21/h4-5,9H,2-3,6-7H2,1H3,(H,20,21)/t9-/m1/s1. The molecule has 1 fully saturated rings. The summed E-state index contributed by atoms with van der Waals surface area (Å²) in [6, 6.07) is 1.78. The van der Waals surface area contributed by atoms with Gasteiger partial charge in [-0.2, -0.15) is 4.98 Å². The lowest BCUT2D eigenvalue weighted by Crippen LogP contribution is -2.42. The Kier molecular flexibility index (Phi) is 3.28. The molecule has 0 radical (unpaired) electrons. The van der Waals surface area contributed by atoms with Crippen LogP contribution >= 0.6 is 0 Å². The monoisotopic (exact) mass is 289 g/mol. The maximum atomic E-state index is 12.4. The smallest absolute Gasteiger partial charge is 0.308 e. The second-order valence-corrected chi connectivity index (χ2v) is 5.16. The second-order valence-electron chi connectivity index (χ2n) is 5.16. The van der Waals surface area contributed by atoms with Crippen LogP contribution in [0.2, 0.25) is 0 Å². The fourth-order valence-electron chi connectivity index (χ4n) is 2.50. The lowest BCUT2D eigenvalue weighted by molar-refractivity contribution is -0.143. The van der Waals surface area contributed by atoms with Crippen molar-refractivity contribution < 1.29 is 14.7 Å². The number of carbonyl (C=O) groups is 2. The fraction of sp³-hybridized carbons (Fsp3) is 0.462. The van der Waals surface area contributed by atoms with E-state index in [1.807, 2.05) is 6.92 Å². The summed E-state index contributed by atoms with van der Waals surface area (Å²) in [5.41, 5.74) is 0.827. The first kappa shape index (κ1) is 13.5. The molecule has 8 nitrogen and oxygen atoms in total. The molecule has 21 heavy (non-hydrogen) atoms. The molecule has 3 rings (SSSR count). The van der Waals surface area contributed by atoms with Crippen molar-refractivity contribution in [2.24, 2.45) is 5.92 Å². The predicted molar refractivity (Wildman–Crippen MR) is 71.8 cm³/mol. The first-order valence-corrected chi connectivity index (χ1v) is 6.76. The van der Waals surface area contributed by atoms with Crippen LogP contribution in [0.15, 0.2) is 12.3 Å². The molecular weight excluding hydrogens is 274 g/mol. The number of aromatic nitrogens is 4. The molecule has 2 aromatic rings. The minimum absolute atomic E-state index is 0.0582. The first-order valence-electron chi connectivity index (χ1n) is 6.76. The van der Waals surface area contributed by atoms with Crippen molar-refractivity contribution in [3.05, 3.63) is 23.8 Å². The van der Waals surface area contributed by atoms with Crippen LogP contribution in [0.25, 0.3) is 5.78 Å². The predicted octanol–water partition coefficient (Wildman–Crippen LogP) is 0.370. The van der Waals surface area contributed by atoms with Gasteiger partial charge in [0.25, 0.3) is 11.7 Å². The SMILES string of the molecule is Cc1ccnc2nc(C(=O)N3CCC[C@@H](C(=O)O)C3)nn12. The molecule has 110 valence electrons. The van der Waals surface area contributed by atoms with Crippen LogP contribution in [0.3, 0.4) is 0 Å². The van der Waals surface area contributed by atoms with Gasteiger partial charge in [0.05, 0.1) is 5.92 Å². The molecule has 3 heterocycles. The number of piperidine rings is 1. The Bertz CT molecular complexity index is 711.